The SMILES string of the molecule is CCCCS(=O)(=O)N1CCN(C2CCN(CCOC)C2=O)CC1. The van der Waals surface area contributed by atoms with Crippen LogP contribution >= 0.6 is 0 Å². The van der Waals surface area contributed by atoms with E-state index in [-0.39, 0.29) is 17.7 Å². The summed E-state index contributed by atoms with van der Waals surface area (Å²) in [4.78, 5) is 16.4. The van der Waals surface area contributed by atoms with Crippen LogP contribution < -0.4 is 0 Å². The Bertz CT molecular complexity index is 489. The van der Waals surface area contributed by atoms with Gasteiger partial charge < -0.3 is 9.64 Å². The van der Waals surface area contributed by atoms with Crippen LogP contribution in [0.2, 0.25) is 0 Å². The maximum absolute atomic E-state index is 12.4. The molecular formula is C15H29N3O4S. The van der Waals surface area contributed by atoms with Crippen molar-refractivity contribution in [2.24, 2.45) is 0 Å². The van der Waals surface area contributed by atoms with Gasteiger partial charge in [-0.2, -0.15) is 4.31 Å². The quantitative estimate of drug-likeness (QED) is 0.617. The zero-order valence-electron chi connectivity index (χ0n) is 14.2. The van der Waals surface area contributed by atoms with Crippen LogP contribution in [0.1, 0.15) is 26.2 Å². The molecule has 2 aliphatic heterocycles. The van der Waals surface area contributed by atoms with Crippen molar-refractivity contribution < 1.29 is 17.9 Å². The minimum absolute atomic E-state index is 0.0904. The van der Waals surface area contributed by atoms with E-state index in [9.17, 15) is 13.2 Å². The van der Waals surface area contributed by atoms with Crippen LogP contribution in [0, 0.1) is 0 Å². The molecule has 0 spiro atoms. The Balaban J connectivity index is 1.84. The van der Waals surface area contributed by atoms with Gasteiger partial charge in [-0.3, -0.25) is 9.69 Å². The number of sulfonamides is 1. The summed E-state index contributed by atoms with van der Waals surface area (Å²) in [6.07, 6.45) is 2.41. The van der Waals surface area contributed by atoms with Crippen LogP contribution in [-0.4, -0.2) is 93.2 Å². The molecule has 2 heterocycles. The molecule has 0 aliphatic carbocycles. The fourth-order valence-corrected chi connectivity index (χ4v) is 4.87. The van der Waals surface area contributed by atoms with Crippen LogP contribution in [-0.2, 0) is 19.6 Å². The fraction of sp³-hybridized carbons (Fsp3) is 0.933. The maximum atomic E-state index is 12.4. The molecule has 0 bridgehead atoms. The van der Waals surface area contributed by atoms with Crippen LogP contribution in [0.4, 0.5) is 0 Å². The monoisotopic (exact) mass is 347 g/mol. The second-order valence-corrected chi connectivity index (χ2v) is 8.32. The number of nitrogens with zero attached hydrogens (tertiary/aromatic N) is 3. The molecule has 2 aliphatic rings. The summed E-state index contributed by atoms with van der Waals surface area (Å²) >= 11 is 0. The minimum Gasteiger partial charge on any atom is -0.383 e. The van der Waals surface area contributed by atoms with Crippen molar-refractivity contribution in [3.63, 3.8) is 0 Å². The molecular weight excluding hydrogens is 318 g/mol. The number of hydrogen-bond donors (Lipinski definition) is 0. The van der Waals surface area contributed by atoms with Crippen LogP contribution in [0.5, 0.6) is 0 Å². The van der Waals surface area contributed by atoms with E-state index in [1.54, 1.807) is 11.4 Å². The fourth-order valence-electron chi connectivity index (χ4n) is 3.23. The Kier molecular flexibility index (Phi) is 6.82. The lowest BCUT2D eigenvalue weighted by Crippen LogP contribution is -2.54. The molecule has 8 heteroatoms. The van der Waals surface area contributed by atoms with E-state index in [0.717, 1.165) is 19.4 Å². The van der Waals surface area contributed by atoms with Crippen molar-refractivity contribution >= 4 is 15.9 Å². The topological polar surface area (TPSA) is 70.2 Å². The first-order valence-corrected chi connectivity index (χ1v) is 10.1. The summed E-state index contributed by atoms with van der Waals surface area (Å²) < 4.78 is 31.1. The van der Waals surface area contributed by atoms with Crippen LogP contribution in [0.25, 0.3) is 0 Å². The summed E-state index contributed by atoms with van der Waals surface area (Å²) in [5.41, 5.74) is 0. The lowest BCUT2D eigenvalue weighted by Gasteiger charge is -2.36. The molecule has 0 saturated carbocycles. The van der Waals surface area contributed by atoms with E-state index in [0.29, 0.717) is 45.8 Å². The highest BCUT2D eigenvalue weighted by Gasteiger charge is 2.38. The summed E-state index contributed by atoms with van der Waals surface area (Å²) in [5, 5.41) is 0. The molecule has 1 amide bonds. The van der Waals surface area contributed by atoms with Gasteiger partial charge in [0.05, 0.1) is 18.4 Å². The largest absolute Gasteiger partial charge is 0.383 e. The van der Waals surface area contributed by atoms with Gasteiger partial charge in [0.1, 0.15) is 0 Å². The predicted molar refractivity (Wildman–Crippen MR) is 88.7 cm³/mol. The zero-order valence-corrected chi connectivity index (χ0v) is 15.1. The van der Waals surface area contributed by atoms with Gasteiger partial charge in [0, 0.05) is 46.4 Å². The van der Waals surface area contributed by atoms with Gasteiger partial charge in [0.15, 0.2) is 0 Å². The summed E-state index contributed by atoms with van der Waals surface area (Å²) in [5.74, 6) is 0.390. The van der Waals surface area contributed by atoms with Gasteiger partial charge in [0.25, 0.3) is 0 Å². The van der Waals surface area contributed by atoms with Gasteiger partial charge in [-0.1, -0.05) is 13.3 Å². The molecule has 7 nitrogen and oxygen atoms in total. The molecule has 0 aromatic carbocycles. The van der Waals surface area contributed by atoms with Gasteiger partial charge in [-0.25, -0.2) is 8.42 Å². The summed E-state index contributed by atoms with van der Waals surface area (Å²) in [6, 6.07) is -0.0904. The van der Waals surface area contributed by atoms with E-state index in [1.807, 2.05) is 11.8 Å². The van der Waals surface area contributed by atoms with Crippen molar-refractivity contribution in [2.75, 3.05) is 58.7 Å². The number of likely N-dealkylation sites (tertiary alicyclic amines) is 1. The highest BCUT2D eigenvalue weighted by Crippen LogP contribution is 2.20. The molecule has 1 atom stereocenters. The smallest absolute Gasteiger partial charge is 0.240 e. The Morgan fingerprint density at radius 1 is 1.17 bits per heavy atom. The number of methoxy groups -OCH3 is 1. The third kappa shape index (κ3) is 4.65. The molecule has 0 N–H and O–H groups in total. The van der Waals surface area contributed by atoms with Gasteiger partial charge in [0.2, 0.25) is 15.9 Å². The molecule has 0 aromatic rings. The highest BCUT2D eigenvalue weighted by atomic mass is 32.2. The van der Waals surface area contributed by atoms with E-state index in [1.165, 1.54) is 0 Å². The molecule has 1 unspecified atom stereocenters. The van der Waals surface area contributed by atoms with Crippen LogP contribution in [0.15, 0.2) is 0 Å². The molecule has 2 rings (SSSR count). The van der Waals surface area contributed by atoms with Crippen molar-refractivity contribution in [3.8, 4) is 0 Å². The first-order chi connectivity index (χ1) is 11.0. The lowest BCUT2D eigenvalue weighted by molar-refractivity contribution is -0.133. The normalized spacial score (nSPS) is 24.5. The molecule has 0 aromatic heterocycles. The first-order valence-electron chi connectivity index (χ1n) is 8.49. The average Bonchev–Trinajstić information content (AvgIpc) is 2.92. The van der Waals surface area contributed by atoms with Crippen molar-refractivity contribution in [2.45, 2.75) is 32.2 Å². The van der Waals surface area contributed by atoms with E-state index in [2.05, 4.69) is 4.90 Å². The summed E-state index contributed by atoms with van der Waals surface area (Å²) in [6.45, 7) is 6.22. The minimum atomic E-state index is -3.13. The first kappa shape index (κ1) is 18.6. The van der Waals surface area contributed by atoms with Crippen molar-refractivity contribution in [1.29, 1.82) is 0 Å². The Morgan fingerprint density at radius 3 is 2.48 bits per heavy atom. The van der Waals surface area contributed by atoms with Gasteiger partial charge in [-0.15, -0.1) is 0 Å². The Hall–Kier alpha value is -0.700. The number of hydrogen-bond acceptors (Lipinski definition) is 5. The molecule has 2 saturated heterocycles. The van der Waals surface area contributed by atoms with E-state index >= 15 is 0 Å². The van der Waals surface area contributed by atoms with E-state index in [4.69, 9.17) is 4.74 Å². The number of carbonyl (C=O) groups is 1. The number of unbranched alkanes of at least 4 members (excludes halogenated alkanes) is 1. The molecule has 2 fully saturated rings. The predicted octanol–water partition coefficient (Wildman–Crippen LogP) is -0.0188. The van der Waals surface area contributed by atoms with Gasteiger partial charge in [-0.05, 0) is 12.8 Å². The second kappa shape index (κ2) is 8.41. The third-order valence-electron chi connectivity index (χ3n) is 4.70. The second-order valence-electron chi connectivity index (χ2n) is 6.23. The standard InChI is InChI=1S/C15H29N3O4S/c1-3-4-13-23(20,21)18-9-7-16(8-10-18)14-5-6-17(15(14)19)11-12-22-2/h14H,3-13H2,1-2H3. The van der Waals surface area contributed by atoms with Crippen LogP contribution in [0.3, 0.4) is 0 Å². The Morgan fingerprint density at radius 2 is 1.87 bits per heavy atom. The molecule has 134 valence electrons. The average molecular weight is 347 g/mol. The summed E-state index contributed by atoms with van der Waals surface area (Å²) in [7, 11) is -1.50. The van der Waals surface area contributed by atoms with Gasteiger partial charge >= 0.3 is 0 Å². The van der Waals surface area contributed by atoms with Crippen molar-refractivity contribution in [3.05, 3.63) is 0 Å². The van der Waals surface area contributed by atoms with Crippen molar-refractivity contribution in [1.82, 2.24) is 14.1 Å². The number of amides is 1. The third-order valence-corrected chi connectivity index (χ3v) is 6.65. The number of rotatable bonds is 8. The van der Waals surface area contributed by atoms with E-state index < -0.39 is 10.0 Å². The molecule has 23 heavy (non-hydrogen) atoms. The zero-order chi connectivity index (χ0) is 16.9. The lowest BCUT2D eigenvalue weighted by atomic mass is 10.2. The number of piperazine rings is 1. The number of ether oxygens (including phenoxy) is 1. The maximum Gasteiger partial charge on any atom is 0.240 e. The number of carbonyl (C=O) groups excluding carboxylic acids is 1. The Labute approximate surface area is 139 Å². The highest BCUT2D eigenvalue weighted by molar-refractivity contribution is 7.89. The molecule has 0 radical (unpaired) electrons.